The molecule has 0 saturated heterocycles. The van der Waals surface area contributed by atoms with Crippen molar-refractivity contribution in [2.24, 2.45) is 5.73 Å². The molecule has 108 valence electrons. The minimum Gasteiger partial charge on any atom is -0.361 e. The van der Waals surface area contributed by atoms with Crippen molar-refractivity contribution < 1.29 is 26.3 Å². The van der Waals surface area contributed by atoms with Crippen molar-refractivity contribution in [3.8, 4) is 0 Å². The molecule has 0 heterocycles. The van der Waals surface area contributed by atoms with Gasteiger partial charge in [0, 0.05) is 18.8 Å². The number of hydrogen-bond acceptors (Lipinski definition) is 2. The van der Waals surface area contributed by atoms with E-state index in [9.17, 15) is 26.3 Å². The quantitative estimate of drug-likeness (QED) is 0.862. The molecule has 0 unspecified atom stereocenters. The van der Waals surface area contributed by atoms with Gasteiger partial charge in [-0.25, -0.2) is 0 Å². The van der Waals surface area contributed by atoms with Gasteiger partial charge in [0.05, 0.1) is 5.56 Å². The van der Waals surface area contributed by atoms with Crippen LogP contribution in [0.25, 0.3) is 0 Å². The number of anilines is 1. The van der Waals surface area contributed by atoms with Crippen LogP contribution < -0.4 is 10.6 Å². The summed E-state index contributed by atoms with van der Waals surface area (Å²) in [5.41, 5.74) is 3.53. The fourth-order valence-corrected chi connectivity index (χ4v) is 1.65. The molecule has 0 amide bonds. The zero-order valence-electron chi connectivity index (χ0n) is 9.72. The number of para-hydroxylation sites is 1. The van der Waals surface area contributed by atoms with E-state index < -0.39 is 30.1 Å². The summed E-state index contributed by atoms with van der Waals surface area (Å²) in [6.45, 7) is -1.97. The van der Waals surface area contributed by atoms with E-state index in [0.29, 0.717) is 4.90 Å². The molecule has 0 atom stereocenters. The zero-order valence-corrected chi connectivity index (χ0v) is 9.72. The Morgan fingerprint density at radius 2 is 1.58 bits per heavy atom. The molecule has 1 rings (SSSR count). The lowest BCUT2D eigenvalue weighted by molar-refractivity contribution is -0.138. The Morgan fingerprint density at radius 1 is 1.00 bits per heavy atom. The van der Waals surface area contributed by atoms with E-state index in [2.05, 4.69) is 0 Å². The second-order valence-corrected chi connectivity index (χ2v) is 3.84. The monoisotopic (exact) mass is 286 g/mol. The third-order valence-corrected chi connectivity index (χ3v) is 2.32. The molecule has 0 radical (unpaired) electrons. The van der Waals surface area contributed by atoms with Crippen LogP contribution in [0, 0.1) is 0 Å². The predicted octanol–water partition coefficient (Wildman–Crippen LogP) is 3.03. The van der Waals surface area contributed by atoms with Gasteiger partial charge in [-0.1, -0.05) is 12.1 Å². The highest BCUT2D eigenvalue weighted by Crippen LogP contribution is 2.37. The van der Waals surface area contributed by atoms with Crippen LogP contribution in [-0.4, -0.2) is 25.8 Å². The van der Waals surface area contributed by atoms with Gasteiger partial charge in [-0.3, -0.25) is 0 Å². The first-order chi connectivity index (χ1) is 8.65. The summed E-state index contributed by atoms with van der Waals surface area (Å²) >= 11 is 0. The maximum atomic E-state index is 12.7. The van der Waals surface area contributed by atoms with Crippen molar-refractivity contribution >= 4 is 5.69 Å². The lowest BCUT2D eigenvalue weighted by atomic mass is 10.1. The van der Waals surface area contributed by atoms with E-state index in [1.54, 1.807) is 0 Å². The fraction of sp³-hybridized carbons (Fsp3) is 0.455. The minimum absolute atomic E-state index is 0.178. The van der Waals surface area contributed by atoms with Crippen LogP contribution in [0.1, 0.15) is 5.56 Å². The van der Waals surface area contributed by atoms with Gasteiger partial charge in [-0.05, 0) is 12.1 Å². The van der Waals surface area contributed by atoms with Crippen LogP contribution in [-0.2, 0) is 6.18 Å². The Labute approximate surface area is 105 Å². The van der Waals surface area contributed by atoms with Gasteiger partial charge in [-0.15, -0.1) is 0 Å². The first-order valence-electron chi connectivity index (χ1n) is 5.33. The average molecular weight is 286 g/mol. The Balaban J connectivity index is 3.16. The topological polar surface area (TPSA) is 29.3 Å². The number of nitrogens with zero attached hydrogens (tertiary/aromatic N) is 1. The third-order valence-electron chi connectivity index (χ3n) is 2.32. The van der Waals surface area contributed by atoms with Crippen LogP contribution in [0.5, 0.6) is 0 Å². The Kier molecular flexibility index (Phi) is 4.67. The molecule has 0 aromatic heterocycles. The van der Waals surface area contributed by atoms with Gasteiger partial charge < -0.3 is 10.6 Å². The van der Waals surface area contributed by atoms with Crippen molar-refractivity contribution in [1.29, 1.82) is 0 Å². The van der Waals surface area contributed by atoms with Gasteiger partial charge in [-0.2, -0.15) is 26.3 Å². The standard InChI is InChI=1S/C11H12F6N2/c12-10(13,14)7-19(6-5-18)9-4-2-1-3-8(9)11(15,16)17/h1-4H,5-7,18H2. The van der Waals surface area contributed by atoms with Gasteiger partial charge in [0.1, 0.15) is 6.54 Å². The highest BCUT2D eigenvalue weighted by atomic mass is 19.4. The van der Waals surface area contributed by atoms with Crippen LogP contribution in [0.2, 0.25) is 0 Å². The molecule has 0 aliphatic rings. The number of nitrogens with two attached hydrogens (primary N) is 1. The van der Waals surface area contributed by atoms with Crippen LogP contribution >= 0.6 is 0 Å². The smallest absolute Gasteiger partial charge is 0.361 e. The molecule has 0 aliphatic carbocycles. The highest BCUT2D eigenvalue weighted by molar-refractivity contribution is 5.55. The van der Waals surface area contributed by atoms with Crippen molar-refractivity contribution in [2.75, 3.05) is 24.5 Å². The van der Waals surface area contributed by atoms with Gasteiger partial charge >= 0.3 is 12.4 Å². The van der Waals surface area contributed by atoms with Crippen molar-refractivity contribution in [1.82, 2.24) is 0 Å². The summed E-state index contributed by atoms with van der Waals surface area (Å²) < 4.78 is 75.4. The number of rotatable bonds is 4. The van der Waals surface area contributed by atoms with Crippen LogP contribution in [0.15, 0.2) is 24.3 Å². The average Bonchev–Trinajstić information content (AvgIpc) is 2.25. The predicted molar refractivity (Wildman–Crippen MR) is 58.8 cm³/mol. The Hall–Kier alpha value is -1.44. The molecule has 19 heavy (non-hydrogen) atoms. The molecular weight excluding hydrogens is 274 g/mol. The number of halogens is 6. The van der Waals surface area contributed by atoms with Gasteiger partial charge in [0.2, 0.25) is 0 Å². The zero-order chi connectivity index (χ0) is 14.7. The SMILES string of the molecule is NCCN(CC(F)(F)F)c1ccccc1C(F)(F)F. The molecular formula is C11H12F6N2. The van der Waals surface area contributed by atoms with Gasteiger partial charge in [0.25, 0.3) is 0 Å². The van der Waals surface area contributed by atoms with Crippen LogP contribution in [0.3, 0.4) is 0 Å². The molecule has 8 heteroatoms. The molecule has 0 aliphatic heterocycles. The number of hydrogen-bond donors (Lipinski definition) is 1. The van der Waals surface area contributed by atoms with Crippen molar-refractivity contribution in [3.05, 3.63) is 29.8 Å². The summed E-state index contributed by atoms with van der Waals surface area (Å²) in [5, 5.41) is 0. The Morgan fingerprint density at radius 3 is 2.05 bits per heavy atom. The highest BCUT2D eigenvalue weighted by Gasteiger charge is 2.37. The third kappa shape index (κ3) is 4.62. The van der Waals surface area contributed by atoms with E-state index in [4.69, 9.17) is 5.73 Å². The summed E-state index contributed by atoms with van der Waals surface area (Å²) in [7, 11) is 0. The van der Waals surface area contributed by atoms with E-state index in [1.165, 1.54) is 6.07 Å². The molecule has 0 fully saturated rings. The summed E-state index contributed by atoms with van der Waals surface area (Å²) in [4.78, 5) is 0.586. The Bertz CT molecular complexity index is 412. The fourth-order valence-electron chi connectivity index (χ4n) is 1.65. The normalized spacial score (nSPS) is 12.6. The first-order valence-corrected chi connectivity index (χ1v) is 5.33. The maximum absolute atomic E-state index is 12.7. The molecule has 1 aromatic rings. The maximum Gasteiger partial charge on any atom is 0.418 e. The first kappa shape index (κ1) is 15.6. The lowest BCUT2D eigenvalue weighted by Crippen LogP contribution is -2.38. The molecule has 0 spiro atoms. The molecule has 1 aromatic carbocycles. The van der Waals surface area contributed by atoms with E-state index in [-0.39, 0.29) is 13.1 Å². The molecule has 0 bridgehead atoms. The minimum atomic E-state index is -4.71. The van der Waals surface area contributed by atoms with Gasteiger partial charge in [0.15, 0.2) is 0 Å². The van der Waals surface area contributed by atoms with E-state index in [1.807, 2.05) is 0 Å². The number of benzene rings is 1. The van der Waals surface area contributed by atoms with Crippen molar-refractivity contribution in [3.63, 3.8) is 0 Å². The summed E-state index contributed by atoms with van der Waals surface area (Å²) in [6, 6.07) is 4.13. The molecule has 0 saturated carbocycles. The number of alkyl halides is 6. The summed E-state index contributed by atoms with van der Waals surface area (Å²) in [6.07, 6.45) is -9.32. The second kappa shape index (κ2) is 5.68. The molecule has 2 N–H and O–H groups in total. The second-order valence-electron chi connectivity index (χ2n) is 3.84. The van der Waals surface area contributed by atoms with Crippen LogP contribution in [0.4, 0.5) is 32.0 Å². The largest absolute Gasteiger partial charge is 0.418 e. The molecule has 2 nitrogen and oxygen atoms in total. The van der Waals surface area contributed by atoms with E-state index in [0.717, 1.165) is 18.2 Å². The van der Waals surface area contributed by atoms with Crippen molar-refractivity contribution in [2.45, 2.75) is 12.4 Å². The lowest BCUT2D eigenvalue weighted by Gasteiger charge is -2.28. The summed E-state index contributed by atoms with van der Waals surface area (Å²) in [5.74, 6) is 0. The van der Waals surface area contributed by atoms with E-state index >= 15 is 0 Å².